The van der Waals surface area contributed by atoms with Gasteiger partial charge in [0, 0.05) is 43.8 Å². The number of rotatable bonds is 4. The molecule has 4 rings (SSSR count). The first-order chi connectivity index (χ1) is 17.3. The van der Waals surface area contributed by atoms with Crippen LogP contribution in [0.5, 0.6) is 0 Å². The molecule has 1 amide bonds. The number of halogens is 4. The summed E-state index contributed by atoms with van der Waals surface area (Å²) in [6.07, 6.45) is -4.72. The van der Waals surface area contributed by atoms with Gasteiger partial charge in [0.25, 0.3) is 11.5 Å². The van der Waals surface area contributed by atoms with Crippen LogP contribution in [0.1, 0.15) is 54.1 Å². The summed E-state index contributed by atoms with van der Waals surface area (Å²) in [7, 11) is 1.49. The highest BCUT2D eigenvalue weighted by Gasteiger charge is 2.36. The fourth-order valence-electron chi connectivity index (χ4n) is 4.80. The molecule has 11 heteroatoms. The van der Waals surface area contributed by atoms with E-state index in [0.29, 0.717) is 13.1 Å². The third-order valence-corrected chi connectivity index (χ3v) is 6.68. The van der Waals surface area contributed by atoms with E-state index in [-0.39, 0.29) is 51.5 Å². The van der Waals surface area contributed by atoms with Gasteiger partial charge in [-0.2, -0.15) is 13.2 Å². The smallest absolute Gasteiger partial charge is 0.376 e. The topological polar surface area (TPSA) is 79.3 Å². The number of nitrogens with zero attached hydrogens (tertiary/aromatic N) is 3. The van der Waals surface area contributed by atoms with E-state index in [1.54, 1.807) is 4.90 Å². The van der Waals surface area contributed by atoms with Crippen molar-refractivity contribution >= 4 is 22.5 Å². The van der Waals surface area contributed by atoms with Crippen LogP contribution in [0.15, 0.2) is 35.1 Å². The third-order valence-electron chi connectivity index (χ3n) is 6.68. The Bertz CT molecular complexity index is 1410. The van der Waals surface area contributed by atoms with Crippen molar-refractivity contribution in [3.05, 3.63) is 69.0 Å². The van der Waals surface area contributed by atoms with E-state index in [2.05, 4.69) is 15.6 Å². The number of amides is 1. The molecular weight excluding hydrogens is 490 g/mol. The van der Waals surface area contributed by atoms with Crippen molar-refractivity contribution in [2.45, 2.75) is 52.0 Å². The third kappa shape index (κ3) is 5.31. The van der Waals surface area contributed by atoms with Crippen molar-refractivity contribution < 1.29 is 22.4 Å². The predicted molar refractivity (Wildman–Crippen MR) is 133 cm³/mol. The first-order valence-electron chi connectivity index (χ1n) is 12.0. The Balaban J connectivity index is 1.65. The highest BCUT2D eigenvalue weighted by atomic mass is 19.4. The lowest BCUT2D eigenvalue weighted by atomic mass is 9.98. The zero-order valence-electron chi connectivity index (χ0n) is 21.2. The van der Waals surface area contributed by atoms with Gasteiger partial charge in [-0.25, -0.2) is 9.37 Å². The van der Waals surface area contributed by atoms with Gasteiger partial charge < -0.3 is 15.5 Å². The Kier molecular flexibility index (Phi) is 7.02. The van der Waals surface area contributed by atoms with Gasteiger partial charge in [0.15, 0.2) is 0 Å². The zero-order chi connectivity index (χ0) is 27.2. The quantitative estimate of drug-likeness (QED) is 0.500. The molecule has 3 atom stereocenters. The highest BCUT2D eigenvalue weighted by Crippen LogP contribution is 2.37. The van der Waals surface area contributed by atoms with E-state index >= 15 is 4.39 Å². The van der Waals surface area contributed by atoms with Crippen molar-refractivity contribution in [2.24, 2.45) is 7.05 Å². The average molecular weight is 520 g/mol. The fraction of sp³-hybridized carbons (Fsp3) is 0.423. The summed E-state index contributed by atoms with van der Waals surface area (Å²) < 4.78 is 58.1. The van der Waals surface area contributed by atoms with E-state index in [9.17, 15) is 22.8 Å². The molecule has 7 nitrogen and oxygen atoms in total. The van der Waals surface area contributed by atoms with Gasteiger partial charge in [0.05, 0.1) is 22.2 Å². The number of hydrogen-bond acceptors (Lipinski definition) is 5. The largest absolute Gasteiger partial charge is 0.416 e. The van der Waals surface area contributed by atoms with Crippen LogP contribution in [-0.2, 0) is 13.2 Å². The number of benzene rings is 2. The van der Waals surface area contributed by atoms with Crippen LogP contribution in [-0.4, -0.2) is 45.5 Å². The van der Waals surface area contributed by atoms with Crippen molar-refractivity contribution in [2.75, 3.05) is 18.4 Å². The van der Waals surface area contributed by atoms with Crippen LogP contribution in [0.3, 0.4) is 0 Å². The second kappa shape index (κ2) is 9.77. The Morgan fingerprint density at radius 1 is 1.16 bits per heavy atom. The summed E-state index contributed by atoms with van der Waals surface area (Å²) >= 11 is 0. The number of alkyl halides is 3. The number of hydrogen-bond donors (Lipinski definition) is 2. The van der Waals surface area contributed by atoms with Gasteiger partial charge in [0.2, 0.25) is 0 Å². The molecule has 1 aliphatic rings. The van der Waals surface area contributed by atoms with Crippen LogP contribution in [0, 0.1) is 12.7 Å². The number of aromatic nitrogens is 2. The molecule has 2 aromatic carbocycles. The number of carbonyl (C=O) groups is 1. The standard InChI is InChI=1S/C26H29F4N5O2/c1-13-11-35(12-14(2)31-13)24(36)17-6-7-22(21(27)8-17)32-15(3)18-9-19-23(10-20(18)26(28,29)30)33-16(4)34(5)25(19)37/h6-10,13-15,31-32H,11-12H2,1-5H3/t13-,14+,15-/m0/s1. The lowest BCUT2D eigenvalue weighted by Crippen LogP contribution is -2.55. The maximum atomic E-state index is 15.0. The van der Waals surface area contributed by atoms with E-state index in [1.165, 1.54) is 37.6 Å². The minimum Gasteiger partial charge on any atom is -0.376 e. The minimum absolute atomic E-state index is 0.0330. The number of carbonyl (C=O) groups excluding carboxylic acids is 1. The van der Waals surface area contributed by atoms with Crippen LogP contribution in [0.4, 0.5) is 23.2 Å². The maximum Gasteiger partial charge on any atom is 0.416 e. The summed E-state index contributed by atoms with van der Waals surface area (Å²) in [5.74, 6) is -0.798. The molecule has 2 N–H and O–H groups in total. The predicted octanol–water partition coefficient (Wildman–Crippen LogP) is 4.40. The van der Waals surface area contributed by atoms with Gasteiger partial charge in [-0.15, -0.1) is 0 Å². The van der Waals surface area contributed by atoms with Crippen LogP contribution >= 0.6 is 0 Å². The first-order valence-corrected chi connectivity index (χ1v) is 12.0. The number of fused-ring (bicyclic) bond motifs is 1. The second-order valence-corrected chi connectivity index (χ2v) is 9.72. The molecule has 37 heavy (non-hydrogen) atoms. The number of aryl methyl sites for hydroxylation is 1. The SMILES string of the molecule is Cc1nc2cc(C(F)(F)F)c([C@H](C)Nc3ccc(C(=O)N4C[C@@H](C)N[C@@H](C)C4)cc3F)cc2c(=O)n1C. The molecule has 1 aliphatic heterocycles. The average Bonchev–Trinajstić information content (AvgIpc) is 2.81. The molecule has 0 radical (unpaired) electrons. The Labute approximate surface area is 211 Å². The minimum atomic E-state index is -4.72. The van der Waals surface area contributed by atoms with Crippen molar-refractivity contribution in [1.82, 2.24) is 19.8 Å². The number of nitrogens with one attached hydrogen (secondary N) is 2. The molecule has 3 aromatic rings. The number of anilines is 1. The van der Waals surface area contributed by atoms with Gasteiger partial charge in [-0.3, -0.25) is 14.2 Å². The molecule has 0 saturated carbocycles. The van der Waals surface area contributed by atoms with Crippen molar-refractivity contribution in [3.8, 4) is 0 Å². The maximum absolute atomic E-state index is 15.0. The second-order valence-electron chi connectivity index (χ2n) is 9.72. The lowest BCUT2D eigenvalue weighted by molar-refractivity contribution is -0.138. The van der Waals surface area contributed by atoms with Crippen molar-refractivity contribution in [3.63, 3.8) is 0 Å². The summed E-state index contributed by atoms with van der Waals surface area (Å²) in [6, 6.07) is 5.07. The molecule has 2 heterocycles. The Morgan fingerprint density at radius 3 is 2.41 bits per heavy atom. The fourth-order valence-corrected chi connectivity index (χ4v) is 4.80. The molecular formula is C26H29F4N5O2. The zero-order valence-corrected chi connectivity index (χ0v) is 21.2. The first kappa shape index (κ1) is 26.6. The monoisotopic (exact) mass is 519 g/mol. The Hall–Kier alpha value is -3.47. The molecule has 1 aromatic heterocycles. The summed E-state index contributed by atoms with van der Waals surface area (Å²) in [6.45, 7) is 7.87. The van der Waals surface area contributed by atoms with Gasteiger partial charge in [-0.05, 0) is 63.6 Å². The molecule has 0 bridgehead atoms. The molecule has 0 aliphatic carbocycles. The molecule has 1 saturated heterocycles. The van der Waals surface area contributed by atoms with Crippen LogP contribution < -0.4 is 16.2 Å². The summed E-state index contributed by atoms with van der Waals surface area (Å²) in [4.78, 5) is 31.4. The van der Waals surface area contributed by atoms with Gasteiger partial charge in [-0.1, -0.05) is 0 Å². The number of piperazine rings is 1. The highest BCUT2D eigenvalue weighted by molar-refractivity contribution is 5.94. The van der Waals surface area contributed by atoms with Gasteiger partial charge in [0.1, 0.15) is 11.6 Å². The van der Waals surface area contributed by atoms with Crippen LogP contribution in [0.2, 0.25) is 0 Å². The molecule has 0 unspecified atom stereocenters. The molecule has 1 fully saturated rings. The van der Waals surface area contributed by atoms with Crippen molar-refractivity contribution in [1.29, 1.82) is 0 Å². The van der Waals surface area contributed by atoms with Gasteiger partial charge >= 0.3 is 6.18 Å². The normalized spacial score (nSPS) is 19.2. The van der Waals surface area contributed by atoms with E-state index in [1.807, 2.05) is 13.8 Å². The van der Waals surface area contributed by atoms with E-state index < -0.39 is 29.2 Å². The summed E-state index contributed by atoms with van der Waals surface area (Å²) in [5.41, 5.74) is -1.62. The Morgan fingerprint density at radius 2 is 1.81 bits per heavy atom. The molecule has 0 spiro atoms. The molecule has 198 valence electrons. The summed E-state index contributed by atoms with van der Waals surface area (Å²) in [5, 5.41) is 6.13. The van der Waals surface area contributed by atoms with Crippen LogP contribution in [0.25, 0.3) is 10.9 Å². The van der Waals surface area contributed by atoms with E-state index in [4.69, 9.17) is 0 Å². The van der Waals surface area contributed by atoms with E-state index in [0.717, 1.165) is 18.2 Å². The lowest BCUT2D eigenvalue weighted by Gasteiger charge is -2.36.